The second-order valence-corrected chi connectivity index (χ2v) is 7.70. The van der Waals surface area contributed by atoms with Crippen LogP contribution in [0.1, 0.15) is 37.4 Å². The lowest BCUT2D eigenvalue weighted by molar-refractivity contribution is -0.130. The molecule has 1 aromatic carbocycles. The van der Waals surface area contributed by atoms with Gasteiger partial charge in [-0.2, -0.15) is 9.61 Å². The maximum absolute atomic E-state index is 13.3. The molecule has 1 aliphatic rings. The van der Waals surface area contributed by atoms with Gasteiger partial charge in [-0.05, 0) is 45.2 Å². The van der Waals surface area contributed by atoms with Crippen LogP contribution in [0.3, 0.4) is 0 Å². The zero-order valence-electron chi connectivity index (χ0n) is 17.9. The minimum atomic E-state index is -0.150. The summed E-state index contributed by atoms with van der Waals surface area (Å²) in [6, 6.07) is 9.57. The van der Waals surface area contributed by atoms with E-state index in [0.717, 1.165) is 42.8 Å². The molecule has 0 radical (unpaired) electrons. The van der Waals surface area contributed by atoms with Crippen molar-refractivity contribution in [2.75, 3.05) is 20.2 Å². The van der Waals surface area contributed by atoms with Crippen LogP contribution in [-0.4, -0.2) is 45.2 Å². The summed E-state index contributed by atoms with van der Waals surface area (Å²) in [6.07, 6.45) is 2.92. The highest BCUT2D eigenvalue weighted by atomic mass is 16.5. The molecule has 3 aromatic rings. The molecule has 1 aliphatic heterocycles. The monoisotopic (exact) mass is 408 g/mol. The van der Waals surface area contributed by atoms with Crippen LogP contribution in [0.5, 0.6) is 5.75 Å². The van der Waals surface area contributed by atoms with Crippen molar-refractivity contribution in [2.24, 2.45) is 0 Å². The SMILES string of the molecule is CCn1c(C)c(CCC(=O)N2CCCC2)c(=O)n2nc(-c3ccccc3OC)cc12. The average Bonchev–Trinajstić information content (AvgIpc) is 3.44. The van der Waals surface area contributed by atoms with Gasteiger partial charge in [-0.3, -0.25) is 9.59 Å². The Hall–Kier alpha value is -3.09. The Morgan fingerprint density at radius 2 is 1.93 bits per heavy atom. The summed E-state index contributed by atoms with van der Waals surface area (Å²) >= 11 is 0. The molecule has 1 fully saturated rings. The Morgan fingerprint density at radius 3 is 2.63 bits per heavy atom. The van der Waals surface area contributed by atoms with Gasteiger partial charge in [-0.25, -0.2) is 0 Å². The molecule has 0 aliphatic carbocycles. The molecular weight excluding hydrogens is 380 g/mol. The number of carbonyl (C=O) groups excluding carboxylic acids is 1. The van der Waals surface area contributed by atoms with Crippen LogP contribution >= 0.6 is 0 Å². The molecular formula is C23H28N4O3. The lowest BCUT2D eigenvalue weighted by Crippen LogP contribution is -2.30. The number of methoxy groups -OCH3 is 1. The van der Waals surface area contributed by atoms with E-state index in [1.54, 1.807) is 7.11 Å². The quantitative estimate of drug-likeness (QED) is 0.629. The van der Waals surface area contributed by atoms with Gasteiger partial charge in [0.1, 0.15) is 11.4 Å². The number of rotatable bonds is 6. The summed E-state index contributed by atoms with van der Waals surface area (Å²) in [6.45, 7) is 6.37. The van der Waals surface area contributed by atoms with E-state index >= 15 is 0 Å². The van der Waals surface area contributed by atoms with Crippen molar-refractivity contribution in [1.82, 2.24) is 19.1 Å². The molecule has 1 amide bonds. The molecule has 0 bridgehead atoms. The first-order chi connectivity index (χ1) is 14.5. The summed E-state index contributed by atoms with van der Waals surface area (Å²) in [5.41, 5.74) is 3.69. The molecule has 7 nitrogen and oxygen atoms in total. The standard InChI is InChI=1S/C23H28N4O3/c1-4-26-16(2)17(11-12-22(28)25-13-7-8-14-25)23(29)27-21(26)15-19(24-27)18-9-5-6-10-20(18)30-3/h5-6,9-10,15H,4,7-8,11-14H2,1-3H3. The van der Waals surface area contributed by atoms with Crippen molar-refractivity contribution in [3.63, 3.8) is 0 Å². The Balaban J connectivity index is 1.75. The first-order valence-corrected chi connectivity index (χ1v) is 10.6. The molecule has 0 spiro atoms. The van der Waals surface area contributed by atoms with E-state index in [4.69, 9.17) is 4.74 Å². The van der Waals surface area contributed by atoms with Crippen molar-refractivity contribution in [3.05, 3.63) is 51.9 Å². The fourth-order valence-electron chi connectivity index (χ4n) is 4.36. The van der Waals surface area contributed by atoms with Gasteiger partial charge in [0.15, 0.2) is 0 Å². The van der Waals surface area contributed by atoms with Gasteiger partial charge in [0.25, 0.3) is 5.56 Å². The van der Waals surface area contributed by atoms with Gasteiger partial charge in [-0.15, -0.1) is 0 Å². The summed E-state index contributed by atoms with van der Waals surface area (Å²) in [5.74, 6) is 0.842. The van der Waals surface area contributed by atoms with Crippen LogP contribution in [0.15, 0.2) is 35.1 Å². The molecule has 1 saturated heterocycles. The Bertz CT molecular complexity index is 1140. The fourth-order valence-corrected chi connectivity index (χ4v) is 4.36. The van der Waals surface area contributed by atoms with E-state index in [1.165, 1.54) is 4.52 Å². The van der Waals surface area contributed by atoms with Crippen LogP contribution in [-0.2, 0) is 17.8 Å². The third-order valence-electron chi connectivity index (χ3n) is 6.01. The third-order valence-corrected chi connectivity index (χ3v) is 6.01. The summed E-state index contributed by atoms with van der Waals surface area (Å²) in [4.78, 5) is 27.7. The molecule has 7 heteroatoms. The van der Waals surface area contributed by atoms with Crippen molar-refractivity contribution < 1.29 is 9.53 Å². The normalized spacial score (nSPS) is 13.9. The van der Waals surface area contributed by atoms with Crippen molar-refractivity contribution in [2.45, 2.75) is 46.1 Å². The molecule has 2 aromatic heterocycles. The predicted octanol–water partition coefficient (Wildman–Crippen LogP) is 3.05. The number of hydrogen-bond donors (Lipinski definition) is 0. The maximum Gasteiger partial charge on any atom is 0.277 e. The van der Waals surface area contributed by atoms with E-state index in [1.807, 2.05) is 49.1 Å². The molecule has 158 valence electrons. The van der Waals surface area contributed by atoms with Gasteiger partial charge in [0.05, 0.1) is 12.8 Å². The zero-order valence-corrected chi connectivity index (χ0v) is 17.9. The number of carbonyl (C=O) groups is 1. The van der Waals surface area contributed by atoms with Crippen LogP contribution in [0, 0.1) is 6.92 Å². The predicted molar refractivity (Wildman–Crippen MR) is 116 cm³/mol. The number of nitrogens with zero attached hydrogens (tertiary/aromatic N) is 4. The van der Waals surface area contributed by atoms with Crippen molar-refractivity contribution >= 4 is 11.6 Å². The molecule has 4 rings (SSSR count). The van der Waals surface area contributed by atoms with E-state index in [0.29, 0.717) is 36.4 Å². The third kappa shape index (κ3) is 3.49. The molecule has 3 heterocycles. The fraction of sp³-hybridized carbons (Fsp3) is 0.435. The Labute approximate surface area is 175 Å². The molecule has 0 N–H and O–H groups in total. The van der Waals surface area contributed by atoms with Crippen molar-refractivity contribution in [1.29, 1.82) is 0 Å². The van der Waals surface area contributed by atoms with E-state index in [-0.39, 0.29) is 11.5 Å². The highest BCUT2D eigenvalue weighted by molar-refractivity contribution is 5.76. The second kappa shape index (κ2) is 8.34. The maximum atomic E-state index is 13.3. The topological polar surface area (TPSA) is 68.8 Å². The lowest BCUT2D eigenvalue weighted by atomic mass is 10.1. The Kier molecular flexibility index (Phi) is 5.61. The van der Waals surface area contributed by atoms with Gasteiger partial charge < -0.3 is 14.2 Å². The Morgan fingerprint density at radius 1 is 1.20 bits per heavy atom. The van der Waals surface area contributed by atoms with Gasteiger partial charge >= 0.3 is 0 Å². The van der Waals surface area contributed by atoms with Crippen LogP contribution in [0.2, 0.25) is 0 Å². The highest BCUT2D eigenvalue weighted by Gasteiger charge is 2.21. The van der Waals surface area contributed by atoms with Gasteiger partial charge in [-0.1, -0.05) is 12.1 Å². The highest BCUT2D eigenvalue weighted by Crippen LogP contribution is 2.29. The molecule has 0 saturated carbocycles. The number of hydrogen-bond acceptors (Lipinski definition) is 4. The van der Waals surface area contributed by atoms with E-state index < -0.39 is 0 Å². The number of benzene rings is 1. The van der Waals surface area contributed by atoms with Crippen LogP contribution < -0.4 is 10.3 Å². The number of likely N-dealkylation sites (tertiary alicyclic amines) is 1. The molecule has 0 atom stereocenters. The van der Waals surface area contributed by atoms with Crippen LogP contribution in [0.4, 0.5) is 0 Å². The number of aryl methyl sites for hydroxylation is 1. The second-order valence-electron chi connectivity index (χ2n) is 7.70. The number of para-hydroxylation sites is 1. The van der Waals surface area contributed by atoms with E-state index in [9.17, 15) is 9.59 Å². The van der Waals surface area contributed by atoms with Crippen molar-refractivity contribution in [3.8, 4) is 17.0 Å². The van der Waals surface area contributed by atoms with Crippen LogP contribution in [0.25, 0.3) is 16.9 Å². The minimum absolute atomic E-state index is 0.129. The first-order valence-electron chi connectivity index (χ1n) is 10.6. The number of fused-ring (bicyclic) bond motifs is 1. The van der Waals surface area contributed by atoms with Gasteiger partial charge in [0.2, 0.25) is 5.91 Å². The first kappa shape index (κ1) is 20.2. The number of ether oxygens (including phenoxy) is 1. The lowest BCUT2D eigenvalue weighted by Gasteiger charge is -2.17. The zero-order chi connectivity index (χ0) is 21.3. The number of amides is 1. The minimum Gasteiger partial charge on any atom is -0.496 e. The van der Waals surface area contributed by atoms with E-state index in [2.05, 4.69) is 9.67 Å². The summed E-state index contributed by atoms with van der Waals surface area (Å²) in [7, 11) is 1.62. The summed E-state index contributed by atoms with van der Waals surface area (Å²) < 4.78 is 9.02. The molecule has 30 heavy (non-hydrogen) atoms. The average molecular weight is 409 g/mol. The summed E-state index contributed by atoms with van der Waals surface area (Å²) in [5, 5.41) is 4.61. The molecule has 0 unspecified atom stereocenters. The smallest absolute Gasteiger partial charge is 0.277 e. The van der Waals surface area contributed by atoms with Gasteiger partial charge in [0, 0.05) is 48.9 Å². The number of aromatic nitrogens is 3. The largest absolute Gasteiger partial charge is 0.496 e.